The van der Waals surface area contributed by atoms with Gasteiger partial charge in [0.05, 0.1) is 11.4 Å². The molecule has 4 rings (SSSR count). The zero-order valence-electron chi connectivity index (χ0n) is 12.5. The van der Waals surface area contributed by atoms with Crippen molar-refractivity contribution in [3.8, 4) is 5.69 Å². The Labute approximate surface area is 129 Å². The number of rotatable bonds is 2. The van der Waals surface area contributed by atoms with Gasteiger partial charge in [-0.25, -0.2) is 4.68 Å². The molecule has 2 heterocycles. The number of amides is 1. The summed E-state index contributed by atoms with van der Waals surface area (Å²) in [7, 11) is 0. The Balaban J connectivity index is 1.68. The summed E-state index contributed by atoms with van der Waals surface area (Å²) in [6.07, 6.45) is 6.31. The van der Waals surface area contributed by atoms with Crippen LogP contribution in [0.25, 0.3) is 5.69 Å². The Morgan fingerprint density at radius 2 is 2.00 bits per heavy atom. The molecule has 2 aliphatic rings. The standard InChI is InChI=1S/C17H20N4O/c18-16-10-15(11-3-1-2-4-11)20-21(16)13-6-7-14-12(9-13)5-8-17(22)19-14/h6-7,9-11H,1-5,8,18H2,(H,19,22). The Hall–Kier alpha value is -2.30. The van der Waals surface area contributed by atoms with Gasteiger partial charge in [0.2, 0.25) is 5.91 Å². The first-order chi connectivity index (χ1) is 10.7. The lowest BCUT2D eigenvalue weighted by Crippen LogP contribution is -2.19. The molecule has 1 saturated carbocycles. The van der Waals surface area contributed by atoms with Gasteiger partial charge in [0, 0.05) is 24.1 Å². The molecule has 1 aromatic heterocycles. The smallest absolute Gasteiger partial charge is 0.224 e. The van der Waals surface area contributed by atoms with Crippen molar-refractivity contribution in [2.24, 2.45) is 0 Å². The third-order valence-corrected chi connectivity index (χ3v) is 4.76. The summed E-state index contributed by atoms with van der Waals surface area (Å²) in [5.41, 5.74) is 10.3. The quantitative estimate of drug-likeness (QED) is 0.894. The molecule has 1 aromatic carbocycles. The van der Waals surface area contributed by atoms with E-state index in [0.29, 0.717) is 18.2 Å². The zero-order valence-corrected chi connectivity index (χ0v) is 12.5. The fourth-order valence-corrected chi connectivity index (χ4v) is 3.54. The highest BCUT2D eigenvalue weighted by atomic mass is 16.1. The molecule has 0 spiro atoms. The van der Waals surface area contributed by atoms with Gasteiger partial charge in [0.25, 0.3) is 0 Å². The highest BCUT2D eigenvalue weighted by molar-refractivity contribution is 5.94. The first kappa shape index (κ1) is 13.4. The van der Waals surface area contributed by atoms with E-state index < -0.39 is 0 Å². The SMILES string of the molecule is Nc1cc(C2CCCC2)nn1-c1ccc2c(c1)CCC(=O)N2. The number of hydrogen-bond acceptors (Lipinski definition) is 3. The maximum atomic E-state index is 11.4. The fourth-order valence-electron chi connectivity index (χ4n) is 3.54. The highest BCUT2D eigenvalue weighted by Gasteiger charge is 2.22. The molecule has 1 amide bonds. The van der Waals surface area contributed by atoms with Crippen LogP contribution in [0.2, 0.25) is 0 Å². The number of nitrogens with two attached hydrogens (primary N) is 1. The van der Waals surface area contributed by atoms with Gasteiger partial charge in [-0.05, 0) is 43.0 Å². The average Bonchev–Trinajstić information content (AvgIpc) is 3.16. The number of hydrogen-bond donors (Lipinski definition) is 2. The third kappa shape index (κ3) is 2.26. The van der Waals surface area contributed by atoms with E-state index in [1.54, 1.807) is 0 Å². The molecule has 5 nitrogen and oxygen atoms in total. The number of benzene rings is 1. The number of anilines is 2. The van der Waals surface area contributed by atoms with Crippen LogP contribution in [0.3, 0.4) is 0 Å². The van der Waals surface area contributed by atoms with Crippen LogP contribution in [0.1, 0.15) is 49.3 Å². The van der Waals surface area contributed by atoms with Gasteiger partial charge in [-0.3, -0.25) is 4.79 Å². The van der Waals surface area contributed by atoms with Crippen molar-refractivity contribution in [2.45, 2.75) is 44.4 Å². The number of aryl methyl sites for hydroxylation is 1. The van der Waals surface area contributed by atoms with Crippen LogP contribution in [0.4, 0.5) is 11.5 Å². The predicted octanol–water partition coefficient (Wildman–Crippen LogP) is 3.00. The normalized spacial score (nSPS) is 18.3. The molecule has 1 aliphatic heterocycles. The molecule has 1 aliphatic carbocycles. The molecule has 0 unspecified atom stereocenters. The van der Waals surface area contributed by atoms with Crippen LogP contribution in [0, 0.1) is 0 Å². The molecule has 3 N–H and O–H groups in total. The Bertz CT molecular complexity index is 728. The summed E-state index contributed by atoms with van der Waals surface area (Å²) in [6.45, 7) is 0. The van der Waals surface area contributed by atoms with Crippen LogP contribution in [-0.4, -0.2) is 15.7 Å². The lowest BCUT2D eigenvalue weighted by atomic mass is 10.0. The van der Waals surface area contributed by atoms with Gasteiger partial charge in [-0.15, -0.1) is 0 Å². The predicted molar refractivity (Wildman–Crippen MR) is 86.1 cm³/mol. The molecule has 0 saturated heterocycles. The number of nitrogens with one attached hydrogen (secondary N) is 1. The Kier molecular flexibility index (Phi) is 3.13. The lowest BCUT2D eigenvalue weighted by molar-refractivity contribution is -0.116. The molecule has 0 bridgehead atoms. The lowest BCUT2D eigenvalue weighted by Gasteiger charge is -2.17. The second-order valence-electron chi connectivity index (χ2n) is 6.28. The number of nitrogens with zero attached hydrogens (tertiary/aromatic N) is 2. The largest absolute Gasteiger partial charge is 0.384 e. The van der Waals surface area contributed by atoms with Crippen LogP contribution < -0.4 is 11.1 Å². The van der Waals surface area contributed by atoms with Gasteiger partial charge < -0.3 is 11.1 Å². The molecule has 5 heteroatoms. The van der Waals surface area contributed by atoms with E-state index in [4.69, 9.17) is 10.8 Å². The zero-order chi connectivity index (χ0) is 15.1. The van der Waals surface area contributed by atoms with Crippen LogP contribution in [0.5, 0.6) is 0 Å². The summed E-state index contributed by atoms with van der Waals surface area (Å²) in [5, 5.41) is 7.63. The number of carbonyl (C=O) groups is 1. The topological polar surface area (TPSA) is 72.9 Å². The molecule has 22 heavy (non-hydrogen) atoms. The van der Waals surface area contributed by atoms with E-state index in [-0.39, 0.29) is 5.91 Å². The number of aromatic nitrogens is 2. The second-order valence-corrected chi connectivity index (χ2v) is 6.28. The van der Waals surface area contributed by atoms with Gasteiger partial charge in [0.15, 0.2) is 0 Å². The molecule has 0 radical (unpaired) electrons. The summed E-state index contributed by atoms with van der Waals surface area (Å²) in [6, 6.07) is 8.00. The number of fused-ring (bicyclic) bond motifs is 1. The summed E-state index contributed by atoms with van der Waals surface area (Å²) >= 11 is 0. The minimum absolute atomic E-state index is 0.0855. The van der Waals surface area contributed by atoms with Gasteiger partial charge in [-0.1, -0.05) is 12.8 Å². The maximum absolute atomic E-state index is 11.4. The molecule has 114 valence electrons. The Morgan fingerprint density at radius 3 is 2.82 bits per heavy atom. The minimum Gasteiger partial charge on any atom is -0.384 e. The van der Waals surface area contributed by atoms with E-state index in [1.165, 1.54) is 25.7 Å². The maximum Gasteiger partial charge on any atom is 0.224 e. The molecule has 2 aromatic rings. The molecule has 0 atom stereocenters. The highest BCUT2D eigenvalue weighted by Crippen LogP contribution is 2.35. The van der Waals surface area contributed by atoms with Crippen molar-refractivity contribution >= 4 is 17.4 Å². The summed E-state index contributed by atoms with van der Waals surface area (Å²) in [4.78, 5) is 11.4. The van der Waals surface area contributed by atoms with Crippen molar-refractivity contribution in [3.05, 3.63) is 35.5 Å². The van der Waals surface area contributed by atoms with E-state index in [1.807, 2.05) is 22.9 Å². The first-order valence-corrected chi connectivity index (χ1v) is 7.99. The van der Waals surface area contributed by atoms with Crippen LogP contribution >= 0.6 is 0 Å². The first-order valence-electron chi connectivity index (χ1n) is 7.99. The second kappa shape index (κ2) is 5.16. The molecular formula is C17H20N4O. The van der Waals surface area contributed by atoms with E-state index in [2.05, 4.69) is 11.4 Å². The minimum atomic E-state index is 0.0855. The van der Waals surface area contributed by atoms with Crippen LogP contribution in [0.15, 0.2) is 24.3 Å². The van der Waals surface area contributed by atoms with Crippen molar-refractivity contribution in [2.75, 3.05) is 11.1 Å². The van der Waals surface area contributed by atoms with Gasteiger partial charge >= 0.3 is 0 Å². The van der Waals surface area contributed by atoms with Crippen molar-refractivity contribution in [3.63, 3.8) is 0 Å². The Morgan fingerprint density at radius 1 is 1.18 bits per heavy atom. The molecular weight excluding hydrogens is 276 g/mol. The number of carbonyl (C=O) groups excluding carboxylic acids is 1. The summed E-state index contributed by atoms with van der Waals surface area (Å²) < 4.78 is 1.82. The van der Waals surface area contributed by atoms with E-state index >= 15 is 0 Å². The molecule has 1 fully saturated rings. The van der Waals surface area contributed by atoms with Crippen molar-refractivity contribution in [1.29, 1.82) is 0 Å². The van der Waals surface area contributed by atoms with Crippen molar-refractivity contribution < 1.29 is 4.79 Å². The van der Waals surface area contributed by atoms with Gasteiger partial charge in [0.1, 0.15) is 5.82 Å². The van der Waals surface area contributed by atoms with Gasteiger partial charge in [-0.2, -0.15) is 5.10 Å². The van der Waals surface area contributed by atoms with E-state index in [9.17, 15) is 4.79 Å². The summed E-state index contributed by atoms with van der Waals surface area (Å²) in [5.74, 6) is 1.32. The number of nitrogen functional groups attached to an aromatic ring is 1. The van der Waals surface area contributed by atoms with Crippen LogP contribution in [-0.2, 0) is 11.2 Å². The monoisotopic (exact) mass is 296 g/mol. The van der Waals surface area contributed by atoms with E-state index in [0.717, 1.165) is 29.1 Å². The van der Waals surface area contributed by atoms with Crippen molar-refractivity contribution in [1.82, 2.24) is 9.78 Å². The fraction of sp³-hybridized carbons (Fsp3) is 0.412. The average molecular weight is 296 g/mol. The third-order valence-electron chi connectivity index (χ3n) is 4.76.